The van der Waals surface area contributed by atoms with E-state index in [0.29, 0.717) is 5.56 Å². The number of hydrogen-bond donors (Lipinski definition) is 1. The number of nitrogens with zero attached hydrogens (tertiary/aromatic N) is 2. The fourth-order valence-electron chi connectivity index (χ4n) is 1.73. The third kappa shape index (κ3) is 3.95. The molecule has 1 rings (SSSR count). The molecule has 1 amide bonds. The average molecular weight is 305 g/mol. The molecule has 0 aliphatic carbocycles. The molecule has 0 radical (unpaired) electrons. The smallest absolute Gasteiger partial charge is 0.276 e. The highest BCUT2D eigenvalue weighted by Gasteiger charge is 2.30. The van der Waals surface area contributed by atoms with Crippen LogP contribution in [0.5, 0.6) is 5.75 Å². The maximum Gasteiger partial charge on any atom is 0.276 e. The number of nitrogens with one attached hydrogen (secondary N) is 1. The van der Waals surface area contributed by atoms with Crippen molar-refractivity contribution < 1.29 is 14.5 Å². The molecule has 118 valence electrons. The van der Waals surface area contributed by atoms with Gasteiger partial charge in [0.2, 0.25) is 0 Å². The predicted octanol–water partition coefficient (Wildman–Crippen LogP) is 2.34. The lowest BCUT2D eigenvalue weighted by Crippen LogP contribution is -2.50. The Bertz CT molecular complexity index is 622. The summed E-state index contributed by atoms with van der Waals surface area (Å²) in [7, 11) is 0. The lowest BCUT2D eigenvalue weighted by Gasteiger charge is -2.27. The molecule has 1 atom stereocenters. The van der Waals surface area contributed by atoms with Crippen LogP contribution in [0.15, 0.2) is 18.2 Å². The molecular weight excluding hydrogens is 286 g/mol. The van der Waals surface area contributed by atoms with Crippen LogP contribution in [-0.4, -0.2) is 23.0 Å². The number of carbonyl (C=O) groups is 1. The standard InChI is InChI=1S/C15H19N3O4/c1-10(2)15(4,9-16)17-14(19)8-22-13-7-5-6-12(11(13)3)18(20)21/h5-7,10H,8H2,1-4H3,(H,17,19)/t15-/m0/s1. The number of ether oxygens (including phenoxy) is 1. The largest absolute Gasteiger partial charge is 0.483 e. The van der Waals surface area contributed by atoms with Gasteiger partial charge >= 0.3 is 0 Å². The highest BCUT2D eigenvalue weighted by molar-refractivity contribution is 5.79. The van der Waals surface area contributed by atoms with Crippen molar-refractivity contribution in [2.24, 2.45) is 5.92 Å². The highest BCUT2D eigenvalue weighted by Crippen LogP contribution is 2.26. The first-order chi connectivity index (χ1) is 10.2. The van der Waals surface area contributed by atoms with E-state index in [1.807, 2.05) is 13.8 Å². The van der Waals surface area contributed by atoms with Crippen molar-refractivity contribution in [3.63, 3.8) is 0 Å². The number of hydrogen-bond acceptors (Lipinski definition) is 5. The number of amides is 1. The quantitative estimate of drug-likeness (QED) is 0.641. The fraction of sp³-hybridized carbons (Fsp3) is 0.467. The first kappa shape index (κ1) is 17.4. The molecule has 0 bridgehead atoms. The minimum Gasteiger partial charge on any atom is -0.483 e. The molecule has 0 heterocycles. The van der Waals surface area contributed by atoms with E-state index in [9.17, 15) is 14.9 Å². The first-order valence-corrected chi connectivity index (χ1v) is 6.80. The minimum absolute atomic E-state index is 0.0676. The van der Waals surface area contributed by atoms with E-state index < -0.39 is 16.4 Å². The van der Waals surface area contributed by atoms with Crippen LogP contribution >= 0.6 is 0 Å². The van der Waals surface area contributed by atoms with Crippen molar-refractivity contribution in [1.82, 2.24) is 5.32 Å². The number of nitro benzene ring substituents is 1. The molecule has 0 aliphatic heterocycles. The summed E-state index contributed by atoms with van der Waals surface area (Å²) in [6.45, 7) is 6.53. The lowest BCUT2D eigenvalue weighted by molar-refractivity contribution is -0.385. The Hall–Kier alpha value is -2.62. The zero-order chi connectivity index (χ0) is 16.9. The third-order valence-corrected chi connectivity index (χ3v) is 3.60. The maximum atomic E-state index is 11.9. The number of nitriles is 1. The van der Waals surface area contributed by atoms with Crippen molar-refractivity contribution >= 4 is 11.6 Å². The second-order valence-corrected chi connectivity index (χ2v) is 5.46. The van der Waals surface area contributed by atoms with Crippen LogP contribution in [0.4, 0.5) is 5.69 Å². The molecule has 0 fully saturated rings. The third-order valence-electron chi connectivity index (χ3n) is 3.60. The number of carbonyl (C=O) groups excluding carboxylic acids is 1. The van der Waals surface area contributed by atoms with Gasteiger partial charge in [-0.1, -0.05) is 19.9 Å². The van der Waals surface area contributed by atoms with Gasteiger partial charge in [0.15, 0.2) is 6.61 Å². The van der Waals surface area contributed by atoms with E-state index in [0.717, 1.165) is 0 Å². The summed E-state index contributed by atoms with van der Waals surface area (Å²) in [5.41, 5.74) is -0.702. The Balaban J connectivity index is 2.76. The summed E-state index contributed by atoms with van der Waals surface area (Å²) >= 11 is 0. The Kier molecular flexibility index (Phi) is 5.46. The van der Waals surface area contributed by atoms with Gasteiger partial charge in [0.25, 0.3) is 11.6 Å². The molecule has 1 aromatic carbocycles. The molecule has 0 aromatic heterocycles. The van der Waals surface area contributed by atoms with E-state index >= 15 is 0 Å². The topological polar surface area (TPSA) is 105 Å². The zero-order valence-electron chi connectivity index (χ0n) is 13.0. The van der Waals surface area contributed by atoms with Crippen LogP contribution in [0.2, 0.25) is 0 Å². The summed E-state index contributed by atoms with van der Waals surface area (Å²) in [6, 6.07) is 6.48. The summed E-state index contributed by atoms with van der Waals surface area (Å²) < 4.78 is 5.33. The molecule has 0 saturated heterocycles. The van der Waals surface area contributed by atoms with Crippen LogP contribution < -0.4 is 10.1 Å². The Morgan fingerprint density at radius 3 is 2.68 bits per heavy atom. The van der Waals surface area contributed by atoms with Gasteiger partial charge in [-0.15, -0.1) is 0 Å². The Morgan fingerprint density at radius 2 is 2.18 bits per heavy atom. The van der Waals surface area contributed by atoms with Crippen LogP contribution in [0.3, 0.4) is 0 Å². The molecule has 22 heavy (non-hydrogen) atoms. The molecule has 0 saturated carbocycles. The Labute approximate surface area is 129 Å². The molecule has 1 aromatic rings. The van der Waals surface area contributed by atoms with Gasteiger partial charge in [0.05, 0.1) is 16.6 Å². The lowest BCUT2D eigenvalue weighted by atomic mass is 9.90. The van der Waals surface area contributed by atoms with Crippen LogP contribution in [0.1, 0.15) is 26.3 Å². The monoisotopic (exact) mass is 305 g/mol. The first-order valence-electron chi connectivity index (χ1n) is 6.80. The molecule has 0 spiro atoms. The summed E-state index contributed by atoms with van der Waals surface area (Å²) in [5.74, 6) is -0.253. The molecule has 0 aliphatic rings. The fourth-order valence-corrected chi connectivity index (χ4v) is 1.73. The van der Waals surface area contributed by atoms with Gasteiger partial charge in [-0.2, -0.15) is 5.26 Å². The highest BCUT2D eigenvalue weighted by atomic mass is 16.6. The van der Waals surface area contributed by atoms with Gasteiger partial charge in [-0.05, 0) is 25.8 Å². The molecule has 1 N–H and O–H groups in total. The zero-order valence-corrected chi connectivity index (χ0v) is 13.0. The summed E-state index contributed by atoms with van der Waals surface area (Å²) in [4.78, 5) is 22.2. The second-order valence-electron chi connectivity index (χ2n) is 5.46. The number of rotatable bonds is 6. The summed E-state index contributed by atoms with van der Waals surface area (Å²) in [6.07, 6.45) is 0. The van der Waals surface area contributed by atoms with Crippen molar-refractivity contribution in [3.05, 3.63) is 33.9 Å². The molecule has 7 nitrogen and oxygen atoms in total. The maximum absolute atomic E-state index is 11.9. The molecule has 0 unspecified atom stereocenters. The van der Waals surface area contributed by atoms with Crippen molar-refractivity contribution in [3.8, 4) is 11.8 Å². The van der Waals surface area contributed by atoms with Gasteiger partial charge in [-0.3, -0.25) is 14.9 Å². The minimum atomic E-state index is -0.988. The van der Waals surface area contributed by atoms with Crippen LogP contribution in [0, 0.1) is 34.3 Å². The van der Waals surface area contributed by atoms with E-state index in [2.05, 4.69) is 11.4 Å². The van der Waals surface area contributed by atoms with Gasteiger partial charge in [0.1, 0.15) is 11.3 Å². The van der Waals surface area contributed by atoms with Gasteiger partial charge in [0, 0.05) is 6.07 Å². The van der Waals surface area contributed by atoms with E-state index in [-0.39, 0.29) is 24.0 Å². The van der Waals surface area contributed by atoms with Crippen molar-refractivity contribution in [1.29, 1.82) is 5.26 Å². The van der Waals surface area contributed by atoms with E-state index in [4.69, 9.17) is 10.00 Å². The summed E-state index contributed by atoms with van der Waals surface area (Å²) in [5, 5.41) is 22.6. The normalized spacial score (nSPS) is 13.1. The average Bonchev–Trinajstić information content (AvgIpc) is 2.45. The number of nitro groups is 1. The van der Waals surface area contributed by atoms with Crippen molar-refractivity contribution in [2.75, 3.05) is 6.61 Å². The molecule has 7 heteroatoms. The van der Waals surface area contributed by atoms with Crippen molar-refractivity contribution in [2.45, 2.75) is 33.2 Å². The second kappa shape index (κ2) is 6.89. The van der Waals surface area contributed by atoms with E-state index in [1.165, 1.54) is 12.1 Å². The van der Waals surface area contributed by atoms with E-state index in [1.54, 1.807) is 19.9 Å². The SMILES string of the molecule is Cc1c(OCC(=O)N[C@@](C)(C#N)C(C)C)cccc1[N+](=O)[O-]. The van der Waals surface area contributed by atoms with Gasteiger partial charge in [-0.25, -0.2) is 0 Å². The van der Waals surface area contributed by atoms with Crippen LogP contribution in [-0.2, 0) is 4.79 Å². The Morgan fingerprint density at radius 1 is 1.55 bits per heavy atom. The molecular formula is C15H19N3O4. The van der Waals surface area contributed by atoms with Gasteiger partial charge < -0.3 is 10.1 Å². The number of benzene rings is 1. The van der Waals surface area contributed by atoms with Crippen LogP contribution in [0.25, 0.3) is 0 Å². The predicted molar refractivity (Wildman–Crippen MR) is 80.3 cm³/mol.